The van der Waals surface area contributed by atoms with Crippen molar-refractivity contribution in [2.75, 3.05) is 7.11 Å². The monoisotopic (exact) mass is 184 g/mol. The van der Waals surface area contributed by atoms with E-state index in [1.165, 1.54) is 19.6 Å². The minimum absolute atomic E-state index is 0.297. The van der Waals surface area contributed by atoms with Crippen LogP contribution in [-0.4, -0.2) is 7.11 Å². The Labute approximate surface area is 79.5 Å². The molecule has 0 radical (unpaired) electrons. The van der Waals surface area contributed by atoms with Crippen LogP contribution in [0, 0.1) is 12.7 Å². The van der Waals surface area contributed by atoms with Gasteiger partial charge in [-0.3, -0.25) is 0 Å². The summed E-state index contributed by atoms with van der Waals surface area (Å²) in [5.41, 5.74) is 0.901. The van der Waals surface area contributed by atoms with E-state index >= 15 is 0 Å². The Morgan fingerprint density at radius 1 is 1.31 bits per heavy atom. The van der Waals surface area contributed by atoms with Gasteiger partial charge in [0.1, 0.15) is 0 Å². The Bertz CT molecular complexity index is 246. The van der Waals surface area contributed by atoms with Gasteiger partial charge in [-0.2, -0.15) is 0 Å². The number of methoxy groups -OCH3 is 1. The van der Waals surface area contributed by atoms with Crippen LogP contribution in [0.5, 0.6) is 5.75 Å². The number of rotatable bonds is 1. The molecule has 0 aliphatic carbocycles. The van der Waals surface area contributed by atoms with Crippen LogP contribution in [0.15, 0.2) is 18.2 Å². The van der Waals surface area contributed by atoms with Crippen molar-refractivity contribution in [1.82, 2.24) is 0 Å². The third-order valence-corrected chi connectivity index (χ3v) is 1.31. The molecule has 0 heterocycles. The van der Waals surface area contributed by atoms with E-state index in [1.54, 1.807) is 6.07 Å². The summed E-state index contributed by atoms with van der Waals surface area (Å²) < 4.78 is 17.5. The molecule has 13 heavy (non-hydrogen) atoms. The molecular formula is C11H17FO. The van der Waals surface area contributed by atoms with E-state index in [0.717, 1.165) is 5.56 Å². The number of aryl methyl sites for hydroxylation is 1. The summed E-state index contributed by atoms with van der Waals surface area (Å²) in [4.78, 5) is 0. The van der Waals surface area contributed by atoms with Gasteiger partial charge in [0.05, 0.1) is 7.11 Å². The van der Waals surface area contributed by atoms with Gasteiger partial charge in [0.2, 0.25) is 0 Å². The number of hydrogen-bond donors (Lipinski definition) is 0. The molecule has 0 bridgehead atoms. The molecule has 0 amide bonds. The predicted molar refractivity (Wildman–Crippen MR) is 53.7 cm³/mol. The average molecular weight is 184 g/mol. The predicted octanol–water partition coefficient (Wildman–Crippen LogP) is 3.56. The lowest BCUT2D eigenvalue weighted by atomic mass is 10.2. The molecule has 74 valence electrons. The Morgan fingerprint density at radius 2 is 1.85 bits per heavy atom. The second-order valence-corrected chi connectivity index (χ2v) is 2.85. The van der Waals surface area contributed by atoms with Crippen molar-refractivity contribution in [3.8, 4) is 5.75 Å². The summed E-state index contributed by atoms with van der Waals surface area (Å²) in [7, 11) is 1.45. The number of ether oxygens (including phenoxy) is 1. The lowest BCUT2D eigenvalue weighted by molar-refractivity contribution is 0.386. The highest BCUT2D eigenvalue weighted by molar-refractivity contribution is 5.28. The first-order chi connectivity index (χ1) is 6.15. The van der Waals surface area contributed by atoms with Gasteiger partial charge in [-0.05, 0) is 24.6 Å². The van der Waals surface area contributed by atoms with E-state index in [-0.39, 0.29) is 5.82 Å². The maximum Gasteiger partial charge on any atom is 0.165 e. The number of benzene rings is 1. The van der Waals surface area contributed by atoms with Crippen LogP contribution < -0.4 is 4.74 Å². The first-order valence-electron chi connectivity index (χ1n) is 4.45. The molecule has 1 aromatic rings. The van der Waals surface area contributed by atoms with E-state index in [4.69, 9.17) is 4.74 Å². The van der Waals surface area contributed by atoms with Gasteiger partial charge in [0.15, 0.2) is 11.6 Å². The largest absolute Gasteiger partial charge is 0.494 e. The molecule has 0 unspecified atom stereocenters. The van der Waals surface area contributed by atoms with Crippen LogP contribution in [0.25, 0.3) is 0 Å². The van der Waals surface area contributed by atoms with Crippen LogP contribution in [0.1, 0.15) is 25.8 Å². The van der Waals surface area contributed by atoms with Crippen molar-refractivity contribution >= 4 is 0 Å². The lowest BCUT2D eigenvalue weighted by Crippen LogP contribution is -1.87. The minimum Gasteiger partial charge on any atom is -0.494 e. The van der Waals surface area contributed by atoms with E-state index < -0.39 is 0 Å². The summed E-state index contributed by atoms with van der Waals surface area (Å²) in [6, 6.07) is 4.87. The van der Waals surface area contributed by atoms with Crippen LogP contribution in [0.3, 0.4) is 0 Å². The molecule has 0 spiro atoms. The Hall–Kier alpha value is -1.05. The first-order valence-corrected chi connectivity index (χ1v) is 4.45. The third-order valence-electron chi connectivity index (χ3n) is 1.31. The van der Waals surface area contributed by atoms with E-state index in [9.17, 15) is 4.39 Å². The number of halogens is 1. The van der Waals surface area contributed by atoms with Gasteiger partial charge < -0.3 is 4.74 Å². The zero-order chi connectivity index (χ0) is 10.3. The SMILES string of the molecule is CCC.COc1ccc(C)cc1F. The van der Waals surface area contributed by atoms with Gasteiger partial charge in [0, 0.05) is 0 Å². The van der Waals surface area contributed by atoms with Gasteiger partial charge in [0.25, 0.3) is 0 Å². The summed E-state index contributed by atoms with van der Waals surface area (Å²) in [6.07, 6.45) is 1.25. The van der Waals surface area contributed by atoms with Gasteiger partial charge in [-0.25, -0.2) is 4.39 Å². The standard InChI is InChI=1S/C8H9FO.C3H8/c1-6-3-4-8(10-2)7(9)5-6;1-3-2/h3-5H,1-2H3;3H2,1-2H3. The molecule has 0 fully saturated rings. The average Bonchev–Trinajstić information content (AvgIpc) is 2.06. The van der Waals surface area contributed by atoms with E-state index in [1.807, 2.05) is 13.0 Å². The summed E-state index contributed by atoms with van der Waals surface area (Å²) >= 11 is 0. The second-order valence-electron chi connectivity index (χ2n) is 2.85. The molecule has 0 N–H and O–H groups in total. The molecular weight excluding hydrogens is 167 g/mol. The molecule has 0 saturated carbocycles. The molecule has 0 atom stereocenters. The quantitative estimate of drug-likeness (QED) is 0.648. The van der Waals surface area contributed by atoms with Crippen LogP contribution in [0.4, 0.5) is 4.39 Å². The zero-order valence-corrected chi connectivity index (χ0v) is 8.73. The Kier molecular flexibility index (Phi) is 5.94. The normalized spacial score (nSPS) is 8.69. The van der Waals surface area contributed by atoms with E-state index in [0.29, 0.717) is 5.75 Å². The summed E-state index contributed by atoms with van der Waals surface area (Å²) in [5, 5.41) is 0. The van der Waals surface area contributed by atoms with Gasteiger partial charge >= 0.3 is 0 Å². The fraction of sp³-hybridized carbons (Fsp3) is 0.455. The molecule has 0 aliphatic rings. The fourth-order valence-corrected chi connectivity index (χ4v) is 0.771. The third kappa shape index (κ3) is 4.51. The van der Waals surface area contributed by atoms with Gasteiger partial charge in [-0.1, -0.05) is 26.3 Å². The first kappa shape index (κ1) is 11.9. The molecule has 1 rings (SSSR count). The summed E-state index contributed by atoms with van der Waals surface area (Å²) in [6.45, 7) is 6.09. The van der Waals surface area contributed by atoms with Crippen molar-refractivity contribution in [2.24, 2.45) is 0 Å². The highest BCUT2D eigenvalue weighted by Gasteiger charge is 1.98. The maximum atomic E-state index is 12.7. The highest BCUT2D eigenvalue weighted by atomic mass is 19.1. The van der Waals surface area contributed by atoms with Crippen molar-refractivity contribution in [3.05, 3.63) is 29.6 Å². The van der Waals surface area contributed by atoms with E-state index in [2.05, 4.69) is 13.8 Å². The topological polar surface area (TPSA) is 9.23 Å². The molecule has 2 heteroatoms. The Balaban J connectivity index is 0.000000424. The lowest BCUT2D eigenvalue weighted by Gasteiger charge is -2.00. The van der Waals surface area contributed by atoms with Crippen LogP contribution in [-0.2, 0) is 0 Å². The molecule has 0 aliphatic heterocycles. The maximum absolute atomic E-state index is 12.7. The van der Waals surface area contributed by atoms with Crippen molar-refractivity contribution in [1.29, 1.82) is 0 Å². The van der Waals surface area contributed by atoms with Crippen molar-refractivity contribution < 1.29 is 9.13 Å². The molecule has 0 saturated heterocycles. The molecule has 1 nitrogen and oxygen atoms in total. The minimum atomic E-state index is -0.303. The highest BCUT2D eigenvalue weighted by Crippen LogP contribution is 2.16. The van der Waals surface area contributed by atoms with Crippen LogP contribution >= 0.6 is 0 Å². The zero-order valence-electron chi connectivity index (χ0n) is 8.73. The van der Waals surface area contributed by atoms with Crippen molar-refractivity contribution in [2.45, 2.75) is 27.2 Å². The summed E-state index contributed by atoms with van der Waals surface area (Å²) in [5.74, 6) is -0.00639. The molecule has 0 aromatic heterocycles. The van der Waals surface area contributed by atoms with Crippen LogP contribution in [0.2, 0.25) is 0 Å². The second kappa shape index (κ2) is 6.46. The number of hydrogen-bond acceptors (Lipinski definition) is 1. The van der Waals surface area contributed by atoms with Gasteiger partial charge in [-0.15, -0.1) is 0 Å². The smallest absolute Gasteiger partial charge is 0.165 e. The van der Waals surface area contributed by atoms with Crippen molar-refractivity contribution in [3.63, 3.8) is 0 Å². The Morgan fingerprint density at radius 3 is 2.23 bits per heavy atom. The fourth-order valence-electron chi connectivity index (χ4n) is 0.771. The molecule has 1 aromatic carbocycles.